The van der Waals surface area contributed by atoms with Gasteiger partial charge in [0.1, 0.15) is 11.8 Å². The minimum absolute atomic E-state index is 0.164. The Morgan fingerprint density at radius 2 is 1.62 bits per heavy atom. The van der Waals surface area contributed by atoms with Crippen LogP contribution in [0.3, 0.4) is 0 Å². The number of nitrogens with one attached hydrogen (secondary N) is 2. The van der Waals surface area contributed by atoms with Crippen molar-refractivity contribution >= 4 is 11.8 Å². The van der Waals surface area contributed by atoms with Crippen LogP contribution in [0.5, 0.6) is 5.75 Å². The van der Waals surface area contributed by atoms with E-state index in [2.05, 4.69) is 15.5 Å². The Kier molecular flexibility index (Phi) is 8.58. The molecule has 0 spiro atoms. The molecule has 182 valence electrons. The molecule has 1 saturated heterocycles. The van der Waals surface area contributed by atoms with Gasteiger partial charge in [-0.2, -0.15) is 0 Å². The standard InChI is InChI=1S/C28H37N3O3/c1-34-25-14-12-23(13-15-25)27(32)30-26(22-8-4-2-5-9-22)28(33)29-20-21-16-18-31(19-17-21)24-10-6-3-7-11-24/h2,4-5,8-9,12-15,21,24,26H,3,6-7,10-11,16-20H2,1H3,(H,29,33)(H,30,32)/t26-/m1/s1. The zero-order valence-corrected chi connectivity index (χ0v) is 20.2. The third kappa shape index (κ3) is 6.38. The highest BCUT2D eigenvalue weighted by atomic mass is 16.5. The molecule has 1 aliphatic heterocycles. The van der Waals surface area contributed by atoms with Crippen LogP contribution in [0.2, 0.25) is 0 Å². The van der Waals surface area contributed by atoms with Gasteiger partial charge in [0.15, 0.2) is 0 Å². The smallest absolute Gasteiger partial charge is 0.252 e. The lowest BCUT2D eigenvalue weighted by molar-refractivity contribution is -0.123. The Bertz CT molecular complexity index is 918. The molecule has 1 aliphatic carbocycles. The second-order valence-corrected chi connectivity index (χ2v) is 9.56. The second-order valence-electron chi connectivity index (χ2n) is 9.56. The zero-order valence-electron chi connectivity index (χ0n) is 20.2. The monoisotopic (exact) mass is 463 g/mol. The second kappa shape index (κ2) is 12.0. The van der Waals surface area contributed by atoms with Crippen molar-refractivity contribution < 1.29 is 14.3 Å². The Hall–Kier alpha value is -2.86. The zero-order chi connectivity index (χ0) is 23.8. The highest BCUT2D eigenvalue weighted by Crippen LogP contribution is 2.27. The Balaban J connectivity index is 1.33. The number of amides is 2. The lowest BCUT2D eigenvalue weighted by Crippen LogP contribution is -2.46. The molecule has 2 amide bonds. The number of rotatable bonds is 8. The first-order valence-corrected chi connectivity index (χ1v) is 12.7. The van der Waals surface area contributed by atoms with Crippen molar-refractivity contribution in [2.45, 2.75) is 57.0 Å². The third-order valence-corrected chi connectivity index (χ3v) is 7.33. The molecule has 2 aliphatic rings. The summed E-state index contributed by atoms with van der Waals surface area (Å²) >= 11 is 0. The summed E-state index contributed by atoms with van der Waals surface area (Å²) in [4.78, 5) is 28.8. The van der Waals surface area contributed by atoms with Crippen LogP contribution in [0, 0.1) is 5.92 Å². The van der Waals surface area contributed by atoms with Gasteiger partial charge < -0.3 is 20.3 Å². The fourth-order valence-corrected chi connectivity index (χ4v) is 5.22. The van der Waals surface area contributed by atoms with E-state index in [1.54, 1.807) is 31.4 Å². The van der Waals surface area contributed by atoms with Gasteiger partial charge >= 0.3 is 0 Å². The summed E-state index contributed by atoms with van der Waals surface area (Å²) < 4.78 is 5.17. The number of methoxy groups -OCH3 is 1. The summed E-state index contributed by atoms with van der Waals surface area (Å²) in [6.07, 6.45) is 9.03. The molecule has 0 unspecified atom stereocenters. The number of hydrogen-bond acceptors (Lipinski definition) is 4. The molecule has 2 aromatic carbocycles. The number of benzene rings is 2. The van der Waals surface area contributed by atoms with E-state index in [4.69, 9.17) is 4.74 Å². The van der Waals surface area contributed by atoms with Gasteiger partial charge in [0.25, 0.3) is 5.91 Å². The van der Waals surface area contributed by atoms with Crippen molar-refractivity contribution in [3.63, 3.8) is 0 Å². The van der Waals surface area contributed by atoms with Crippen LogP contribution in [0.1, 0.15) is 66.9 Å². The molecule has 4 rings (SSSR count). The molecular formula is C28H37N3O3. The Labute approximate surface area is 203 Å². The lowest BCUT2D eigenvalue weighted by atomic mass is 9.90. The molecule has 1 heterocycles. The number of nitrogens with zero attached hydrogens (tertiary/aromatic N) is 1. The summed E-state index contributed by atoms with van der Waals surface area (Å²) in [6, 6.07) is 16.3. The molecule has 1 atom stereocenters. The Morgan fingerprint density at radius 1 is 0.941 bits per heavy atom. The van der Waals surface area contributed by atoms with Crippen molar-refractivity contribution in [1.82, 2.24) is 15.5 Å². The minimum atomic E-state index is -0.738. The molecule has 2 aromatic rings. The molecule has 1 saturated carbocycles. The number of piperidine rings is 1. The van der Waals surface area contributed by atoms with Gasteiger partial charge in [0, 0.05) is 18.2 Å². The number of carbonyl (C=O) groups is 2. The van der Waals surface area contributed by atoms with Crippen LogP contribution < -0.4 is 15.4 Å². The predicted molar refractivity (Wildman–Crippen MR) is 134 cm³/mol. The van der Waals surface area contributed by atoms with E-state index in [1.807, 2.05) is 30.3 Å². The van der Waals surface area contributed by atoms with Gasteiger partial charge in [0.05, 0.1) is 7.11 Å². The van der Waals surface area contributed by atoms with Gasteiger partial charge in [-0.25, -0.2) is 0 Å². The van der Waals surface area contributed by atoms with Crippen LogP contribution in [0.25, 0.3) is 0 Å². The van der Waals surface area contributed by atoms with Gasteiger partial charge in [-0.15, -0.1) is 0 Å². The van der Waals surface area contributed by atoms with E-state index in [9.17, 15) is 9.59 Å². The van der Waals surface area contributed by atoms with Gasteiger partial charge in [-0.05, 0) is 74.5 Å². The normalized spacial score (nSPS) is 18.7. The van der Waals surface area contributed by atoms with Crippen LogP contribution in [0.15, 0.2) is 54.6 Å². The van der Waals surface area contributed by atoms with Crippen molar-refractivity contribution in [1.29, 1.82) is 0 Å². The van der Waals surface area contributed by atoms with Gasteiger partial charge in [-0.3, -0.25) is 9.59 Å². The molecule has 6 nitrogen and oxygen atoms in total. The third-order valence-electron chi connectivity index (χ3n) is 7.33. The van der Waals surface area contributed by atoms with Crippen LogP contribution >= 0.6 is 0 Å². The van der Waals surface area contributed by atoms with E-state index >= 15 is 0 Å². The summed E-state index contributed by atoms with van der Waals surface area (Å²) in [6.45, 7) is 2.90. The topological polar surface area (TPSA) is 70.7 Å². The fraction of sp³-hybridized carbons (Fsp3) is 0.500. The maximum atomic E-state index is 13.2. The van der Waals surface area contributed by atoms with Crippen molar-refractivity contribution in [3.8, 4) is 5.75 Å². The first-order chi connectivity index (χ1) is 16.6. The average molecular weight is 464 g/mol. The predicted octanol–water partition coefficient (Wildman–Crippen LogP) is 4.33. The summed E-state index contributed by atoms with van der Waals surface area (Å²) in [5.41, 5.74) is 1.26. The first kappa shape index (κ1) is 24.3. The Morgan fingerprint density at radius 3 is 2.26 bits per heavy atom. The van der Waals surface area contributed by atoms with Crippen LogP contribution in [0.4, 0.5) is 0 Å². The van der Waals surface area contributed by atoms with Gasteiger partial charge in [0.2, 0.25) is 5.91 Å². The van der Waals surface area contributed by atoms with Crippen LogP contribution in [-0.4, -0.2) is 49.5 Å². The molecule has 0 radical (unpaired) electrons. The maximum absolute atomic E-state index is 13.2. The molecule has 34 heavy (non-hydrogen) atoms. The molecule has 2 fully saturated rings. The van der Waals surface area contributed by atoms with Crippen molar-refractivity contribution in [2.75, 3.05) is 26.7 Å². The first-order valence-electron chi connectivity index (χ1n) is 12.7. The minimum Gasteiger partial charge on any atom is -0.497 e. The fourth-order valence-electron chi connectivity index (χ4n) is 5.22. The molecule has 2 N–H and O–H groups in total. The number of ether oxygens (including phenoxy) is 1. The van der Waals surface area contributed by atoms with Crippen LogP contribution in [-0.2, 0) is 4.79 Å². The maximum Gasteiger partial charge on any atom is 0.252 e. The quantitative estimate of drug-likeness (QED) is 0.611. The van der Waals surface area contributed by atoms with E-state index < -0.39 is 6.04 Å². The number of likely N-dealkylation sites (tertiary alicyclic amines) is 1. The number of carbonyl (C=O) groups excluding carboxylic acids is 2. The SMILES string of the molecule is COc1ccc(C(=O)N[C@@H](C(=O)NCC2CCN(C3CCCCC3)CC2)c2ccccc2)cc1. The van der Waals surface area contributed by atoms with Crippen molar-refractivity contribution in [3.05, 3.63) is 65.7 Å². The van der Waals surface area contributed by atoms with Gasteiger partial charge in [-0.1, -0.05) is 49.6 Å². The highest BCUT2D eigenvalue weighted by Gasteiger charge is 2.28. The largest absolute Gasteiger partial charge is 0.497 e. The van der Waals surface area contributed by atoms with E-state index in [-0.39, 0.29) is 11.8 Å². The lowest BCUT2D eigenvalue weighted by Gasteiger charge is -2.39. The summed E-state index contributed by atoms with van der Waals surface area (Å²) in [5.74, 6) is 0.719. The molecule has 0 bridgehead atoms. The van der Waals surface area contributed by atoms with E-state index in [0.717, 1.165) is 37.5 Å². The molecule has 6 heteroatoms. The van der Waals surface area contributed by atoms with E-state index in [0.29, 0.717) is 23.8 Å². The van der Waals surface area contributed by atoms with E-state index in [1.165, 1.54) is 32.1 Å². The molecular weight excluding hydrogens is 426 g/mol. The summed E-state index contributed by atoms with van der Waals surface area (Å²) in [5, 5.41) is 6.05. The highest BCUT2D eigenvalue weighted by molar-refractivity contribution is 5.98. The van der Waals surface area contributed by atoms with Crippen molar-refractivity contribution in [2.24, 2.45) is 5.92 Å². The average Bonchev–Trinajstić information content (AvgIpc) is 2.91. The molecule has 0 aromatic heterocycles. The number of hydrogen-bond donors (Lipinski definition) is 2. The summed E-state index contributed by atoms with van der Waals surface area (Å²) in [7, 11) is 1.59.